The summed E-state index contributed by atoms with van der Waals surface area (Å²) in [4.78, 5) is 17.1. The van der Waals surface area contributed by atoms with Gasteiger partial charge in [-0.1, -0.05) is 26.0 Å². The second-order valence-corrected chi connectivity index (χ2v) is 7.77. The number of para-hydroxylation sites is 1. The molecule has 0 spiro atoms. The Kier molecular flexibility index (Phi) is 7.26. The molecule has 1 amide bonds. The van der Waals surface area contributed by atoms with Gasteiger partial charge in [0.1, 0.15) is 5.82 Å². The van der Waals surface area contributed by atoms with E-state index in [2.05, 4.69) is 42.5 Å². The minimum atomic E-state index is -0.356. The summed E-state index contributed by atoms with van der Waals surface area (Å²) in [7, 11) is 0. The van der Waals surface area contributed by atoms with E-state index in [0.717, 1.165) is 5.82 Å². The smallest absolute Gasteiger partial charge is 0.262 e. The van der Waals surface area contributed by atoms with Crippen LogP contribution in [0.25, 0.3) is 11.4 Å². The van der Waals surface area contributed by atoms with Gasteiger partial charge in [0, 0.05) is 17.5 Å². The van der Waals surface area contributed by atoms with E-state index in [9.17, 15) is 4.79 Å². The number of H-pyrrole nitrogens is 1. The Morgan fingerprint density at radius 3 is 2.74 bits per heavy atom. The Bertz CT molecular complexity index is 1120. The number of carbonyl (C=O) groups excluding carboxylic acids is 1. The number of ether oxygens (including phenoxy) is 2. The lowest BCUT2D eigenvalue weighted by atomic mass is 10.1. The molecule has 0 saturated carbocycles. The van der Waals surface area contributed by atoms with Crippen molar-refractivity contribution < 1.29 is 14.3 Å². The normalized spacial score (nSPS) is 10.6. The summed E-state index contributed by atoms with van der Waals surface area (Å²) in [6, 6.07) is 12.5. The highest BCUT2D eigenvalue weighted by molar-refractivity contribution is 9.10. The zero-order valence-electron chi connectivity index (χ0n) is 17.4. The van der Waals surface area contributed by atoms with Gasteiger partial charge in [0.15, 0.2) is 23.9 Å². The quantitative estimate of drug-likeness (QED) is 0.482. The van der Waals surface area contributed by atoms with Crippen molar-refractivity contribution in [2.24, 2.45) is 0 Å². The van der Waals surface area contributed by atoms with Crippen LogP contribution in [-0.4, -0.2) is 34.3 Å². The molecule has 0 atom stereocenters. The predicted molar refractivity (Wildman–Crippen MR) is 120 cm³/mol. The number of rotatable bonds is 8. The van der Waals surface area contributed by atoms with Gasteiger partial charge in [0.05, 0.1) is 28.4 Å². The Hall–Kier alpha value is -3.38. The highest BCUT2D eigenvalue weighted by Gasteiger charge is 2.16. The van der Waals surface area contributed by atoms with Crippen molar-refractivity contribution in [3.8, 4) is 29.0 Å². The maximum Gasteiger partial charge on any atom is 0.262 e. The van der Waals surface area contributed by atoms with E-state index >= 15 is 0 Å². The summed E-state index contributed by atoms with van der Waals surface area (Å²) in [5.74, 6) is 1.89. The van der Waals surface area contributed by atoms with Gasteiger partial charge in [0.2, 0.25) is 0 Å². The van der Waals surface area contributed by atoms with Gasteiger partial charge < -0.3 is 14.8 Å². The number of benzene rings is 2. The van der Waals surface area contributed by atoms with Crippen LogP contribution in [0, 0.1) is 11.3 Å². The fourth-order valence-corrected chi connectivity index (χ4v) is 3.36. The van der Waals surface area contributed by atoms with Crippen LogP contribution in [0.5, 0.6) is 11.5 Å². The van der Waals surface area contributed by atoms with Crippen molar-refractivity contribution in [3.05, 3.63) is 52.3 Å². The van der Waals surface area contributed by atoms with Crippen molar-refractivity contribution in [3.63, 3.8) is 0 Å². The fraction of sp³-hybridized carbons (Fsp3) is 0.273. The number of nitriles is 1. The molecule has 160 valence electrons. The average Bonchev–Trinajstić information content (AvgIpc) is 3.24. The molecule has 0 unspecified atom stereocenters. The number of hydrogen-bond donors (Lipinski definition) is 2. The van der Waals surface area contributed by atoms with Gasteiger partial charge in [-0.05, 0) is 41.1 Å². The summed E-state index contributed by atoms with van der Waals surface area (Å²) >= 11 is 3.37. The number of anilines is 1. The van der Waals surface area contributed by atoms with Crippen LogP contribution < -0.4 is 14.8 Å². The molecule has 0 radical (unpaired) electrons. The highest BCUT2D eigenvalue weighted by Crippen LogP contribution is 2.37. The lowest BCUT2D eigenvalue weighted by Crippen LogP contribution is -2.21. The molecule has 2 N–H and O–H groups in total. The molecular formula is C22H22BrN5O3. The molecule has 0 fully saturated rings. The first kappa shape index (κ1) is 22.3. The van der Waals surface area contributed by atoms with E-state index in [1.807, 2.05) is 39.0 Å². The van der Waals surface area contributed by atoms with Crippen molar-refractivity contribution in [2.45, 2.75) is 26.7 Å². The Labute approximate surface area is 188 Å². The maximum absolute atomic E-state index is 12.6. The molecule has 31 heavy (non-hydrogen) atoms. The van der Waals surface area contributed by atoms with Crippen molar-refractivity contribution in [1.82, 2.24) is 15.2 Å². The third kappa shape index (κ3) is 5.41. The SMILES string of the molecule is CCOc1cc(C#N)cc(Br)c1OCC(=O)Nc1ccccc1-c1n[nH]c(C(C)C)n1. The topological polar surface area (TPSA) is 113 Å². The molecule has 9 heteroatoms. The van der Waals surface area contributed by atoms with Gasteiger partial charge in [0.25, 0.3) is 5.91 Å². The Balaban J connectivity index is 1.75. The van der Waals surface area contributed by atoms with Crippen LogP contribution >= 0.6 is 15.9 Å². The molecule has 8 nitrogen and oxygen atoms in total. The summed E-state index contributed by atoms with van der Waals surface area (Å²) in [5, 5.41) is 19.2. The standard InChI is InChI=1S/C22H22BrN5O3/c1-4-30-18-10-14(11-24)9-16(23)20(18)31-12-19(29)25-17-8-6-5-7-15(17)22-26-21(13(2)3)27-28-22/h5-10,13H,4,12H2,1-3H3,(H,25,29)(H,26,27,28). The number of aromatic amines is 1. The van der Waals surface area contributed by atoms with Crippen LogP contribution in [0.4, 0.5) is 5.69 Å². The largest absolute Gasteiger partial charge is 0.490 e. The third-order valence-electron chi connectivity index (χ3n) is 4.28. The number of nitrogens with one attached hydrogen (secondary N) is 2. The first-order chi connectivity index (χ1) is 14.9. The highest BCUT2D eigenvalue weighted by atomic mass is 79.9. The molecule has 0 aliphatic carbocycles. The van der Waals surface area contributed by atoms with Gasteiger partial charge in [-0.25, -0.2) is 4.98 Å². The second-order valence-electron chi connectivity index (χ2n) is 6.91. The molecule has 3 rings (SSSR count). The molecule has 3 aromatic rings. The molecule has 2 aromatic carbocycles. The molecule has 0 bridgehead atoms. The first-order valence-electron chi connectivity index (χ1n) is 9.73. The van der Waals surface area contributed by atoms with Crippen LogP contribution in [0.3, 0.4) is 0 Å². The second kappa shape index (κ2) is 10.1. The van der Waals surface area contributed by atoms with Crippen LogP contribution in [-0.2, 0) is 4.79 Å². The third-order valence-corrected chi connectivity index (χ3v) is 4.87. The lowest BCUT2D eigenvalue weighted by Gasteiger charge is -2.14. The summed E-state index contributed by atoms with van der Waals surface area (Å²) in [6.07, 6.45) is 0. The first-order valence-corrected chi connectivity index (χ1v) is 10.5. The number of carbonyl (C=O) groups is 1. The van der Waals surface area contributed by atoms with Crippen molar-refractivity contribution in [1.29, 1.82) is 5.26 Å². The number of hydrogen-bond acceptors (Lipinski definition) is 6. The number of aromatic nitrogens is 3. The van der Waals surface area contributed by atoms with Crippen LogP contribution in [0.15, 0.2) is 40.9 Å². The fourth-order valence-electron chi connectivity index (χ4n) is 2.80. The minimum Gasteiger partial charge on any atom is -0.490 e. The zero-order valence-corrected chi connectivity index (χ0v) is 19.0. The van der Waals surface area contributed by atoms with E-state index in [1.54, 1.807) is 18.2 Å². The predicted octanol–water partition coefficient (Wildman–Crippen LogP) is 4.65. The Morgan fingerprint density at radius 1 is 1.29 bits per heavy atom. The zero-order chi connectivity index (χ0) is 22.4. The van der Waals surface area contributed by atoms with Gasteiger partial charge >= 0.3 is 0 Å². The summed E-state index contributed by atoms with van der Waals surface area (Å²) in [6.45, 7) is 6.02. The summed E-state index contributed by atoms with van der Waals surface area (Å²) < 4.78 is 11.8. The van der Waals surface area contributed by atoms with Gasteiger partial charge in [-0.15, -0.1) is 0 Å². The molecule has 1 aromatic heterocycles. The van der Waals surface area contributed by atoms with Crippen LogP contribution in [0.2, 0.25) is 0 Å². The monoisotopic (exact) mass is 483 g/mol. The summed E-state index contributed by atoms with van der Waals surface area (Å²) in [5.41, 5.74) is 1.70. The van der Waals surface area contributed by atoms with Gasteiger partial charge in [-0.3, -0.25) is 9.89 Å². The van der Waals surface area contributed by atoms with Crippen LogP contribution in [0.1, 0.15) is 38.1 Å². The Morgan fingerprint density at radius 2 is 2.06 bits per heavy atom. The molecule has 0 aliphatic heterocycles. The molecular weight excluding hydrogens is 462 g/mol. The minimum absolute atomic E-state index is 0.210. The number of nitrogens with zero attached hydrogens (tertiary/aromatic N) is 3. The maximum atomic E-state index is 12.6. The molecule has 1 heterocycles. The number of halogens is 1. The molecule has 0 saturated heterocycles. The van der Waals surface area contributed by atoms with Crippen molar-refractivity contribution >= 4 is 27.5 Å². The van der Waals surface area contributed by atoms with Crippen molar-refractivity contribution in [2.75, 3.05) is 18.5 Å². The average molecular weight is 484 g/mol. The van der Waals surface area contributed by atoms with E-state index in [-0.39, 0.29) is 18.4 Å². The van der Waals surface area contributed by atoms with E-state index in [1.165, 1.54) is 0 Å². The lowest BCUT2D eigenvalue weighted by molar-refractivity contribution is -0.118. The molecule has 0 aliphatic rings. The van der Waals surface area contributed by atoms with E-state index < -0.39 is 0 Å². The number of amides is 1. The van der Waals surface area contributed by atoms with Gasteiger partial charge in [-0.2, -0.15) is 10.4 Å². The van der Waals surface area contributed by atoms with E-state index in [4.69, 9.17) is 14.7 Å². The van der Waals surface area contributed by atoms with E-state index in [0.29, 0.717) is 45.2 Å².